The number of phenolic OH excluding ortho intramolecular Hbond substituents is 1. The van der Waals surface area contributed by atoms with E-state index in [2.05, 4.69) is 5.32 Å². The topological polar surface area (TPSA) is 173 Å². The van der Waals surface area contributed by atoms with Crippen LogP contribution in [0.15, 0.2) is 28.7 Å². The molecule has 210 valence electrons. The number of halogens is 1. The molecule has 10 nitrogen and oxygen atoms in total. The number of hydrogen-bond donors (Lipinski definition) is 6. The fourth-order valence-corrected chi connectivity index (χ4v) is 7.05. The number of Topliss-reactive ketones (excluding diaryl/α,β-unsaturated/α-hetero) is 2. The Morgan fingerprint density at radius 1 is 1.18 bits per heavy atom. The molecule has 0 saturated heterocycles. The SMILES string of the molecule is CN(C)[C@@H]1C(O)=C(C(N)=O)C(=O)[C@@]2(O)C(O)=C3C(=O)c4c(O)c(NCC5CCCCC5)cc(F)c4C[C@H]3C[C@@H]12. The quantitative estimate of drug-likeness (QED) is 0.240. The van der Waals surface area contributed by atoms with E-state index < -0.39 is 69.6 Å². The monoisotopic (exact) mass is 543 g/mol. The third-order valence-electron chi connectivity index (χ3n) is 8.97. The Morgan fingerprint density at radius 2 is 1.85 bits per heavy atom. The number of benzene rings is 1. The zero-order valence-corrected chi connectivity index (χ0v) is 22.0. The van der Waals surface area contributed by atoms with Gasteiger partial charge in [-0.1, -0.05) is 19.3 Å². The second-order valence-electron chi connectivity index (χ2n) is 11.5. The molecular weight excluding hydrogens is 509 g/mol. The fourth-order valence-electron chi connectivity index (χ4n) is 7.05. The van der Waals surface area contributed by atoms with Crippen molar-refractivity contribution < 1.29 is 39.2 Å². The van der Waals surface area contributed by atoms with Crippen LogP contribution in [0, 0.1) is 23.6 Å². The zero-order valence-electron chi connectivity index (χ0n) is 22.0. The Labute approximate surface area is 225 Å². The molecule has 0 spiro atoms. The molecule has 0 bridgehead atoms. The number of likely N-dealkylation sites (N-methyl/N-ethyl adjacent to an activating group) is 1. The van der Waals surface area contributed by atoms with Crippen LogP contribution in [0.4, 0.5) is 10.1 Å². The predicted octanol–water partition coefficient (Wildman–Crippen LogP) is 2.25. The van der Waals surface area contributed by atoms with Crippen LogP contribution in [0.25, 0.3) is 0 Å². The number of nitrogens with zero attached hydrogens (tertiary/aromatic N) is 1. The number of nitrogens with one attached hydrogen (secondary N) is 1. The Morgan fingerprint density at radius 3 is 2.46 bits per heavy atom. The summed E-state index contributed by atoms with van der Waals surface area (Å²) in [5, 5.41) is 47.9. The molecule has 0 radical (unpaired) electrons. The Balaban J connectivity index is 1.59. The van der Waals surface area contributed by atoms with E-state index >= 15 is 4.39 Å². The van der Waals surface area contributed by atoms with Crippen molar-refractivity contribution in [1.82, 2.24) is 4.90 Å². The smallest absolute Gasteiger partial charge is 0.255 e. The van der Waals surface area contributed by atoms with Crippen molar-refractivity contribution in [3.05, 3.63) is 45.7 Å². The van der Waals surface area contributed by atoms with Gasteiger partial charge < -0.3 is 31.5 Å². The first-order valence-electron chi connectivity index (χ1n) is 13.3. The predicted molar refractivity (Wildman–Crippen MR) is 139 cm³/mol. The number of nitrogens with two attached hydrogens (primary N) is 1. The molecule has 0 heterocycles. The number of ketones is 2. The zero-order chi connectivity index (χ0) is 28.4. The van der Waals surface area contributed by atoms with Crippen LogP contribution in [0.5, 0.6) is 5.75 Å². The molecule has 0 aliphatic heterocycles. The number of primary amides is 1. The van der Waals surface area contributed by atoms with E-state index in [-0.39, 0.29) is 35.2 Å². The van der Waals surface area contributed by atoms with Gasteiger partial charge in [0.05, 0.1) is 17.3 Å². The van der Waals surface area contributed by atoms with Gasteiger partial charge in [0.15, 0.2) is 11.4 Å². The second-order valence-corrected chi connectivity index (χ2v) is 11.5. The van der Waals surface area contributed by atoms with Crippen molar-refractivity contribution in [2.75, 3.05) is 26.0 Å². The number of carbonyl (C=O) groups excluding carboxylic acids is 3. The first-order valence-corrected chi connectivity index (χ1v) is 13.3. The van der Waals surface area contributed by atoms with Gasteiger partial charge in [0.2, 0.25) is 5.78 Å². The van der Waals surface area contributed by atoms with Gasteiger partial charge in [-0.05, 0) is 51.6 Å². The minimum absolute atomic E-state index is 0.0196. The summed E-state index contributed by atoms with van der Waals surface area (Å²) in [5.74, 6) is -7.88. The van der Waals surface area contributed by atoms with Gasteiger partial charge in [0, 0.05) is 29.7 Å². The number of phenols is 1. The molecule has 4 atom stereocenters. The van der Waals surface area contributed by atoms with Gasteiger partial charge in [-0.2, -0.15) is 0 Å². The lowest BCUT2D eigenvalue weighted by molar-refractivity contribution is -0.148. The summed E-state index contributed by atoms with van der Waals surface area (Å²) < 4.78 is 15.4. The number of anilines is 1. The lowest BCUT2D eigenvalue weighted by atomic mass is 9.58. The molecule has 7 N–H and O–H groups in total. The van der Waals surface area contributed by atoms with Crippen LogP contribution in [0.1, 0.15) is 54.4 Å². The van der Waals surface area contributed by atoms with Crippen LogP contribution in [-0.4, -0.2) is 75.1 Å². The molecule has 1 amide bonds. The van der Waals surface area contributed by atoms with E-state index in [1.807, 2.05) is 0 Å². The maximum atomic E-state index is 15.4. The highest BCUT2D eigenvalue weighted by atomic mass is 19.1. The van der Waals surface area contributed by atoms with Crippen molar-refractivity contribution in [1.29, 1.82) is 0 Å². The number of aliphatic hydroxyl groups is 3. The molecule has 1 saturated carbocycles. The van der Waals surface area contributed by atoms with Crippen molar-refractivity contribution >= 4 is 23.2 Å². The average Bonchev–Trinajstić information content (AvgIpc) is 2.87. The minimum Gasteiger partial charge on any atom is -0.510 e. The number of hydrogen-bond acceptors (Lipinski definition) is 9. The molecule has 1 aromatic carbocycles. The lowest BCUT2D eigenvalue weighted by Crippen LogP contribution is -2.63. The number of fused-ring (bicyclic) bond motifs is 3. The van der Waals surface area contributed by atoms with E-state index in [9.17, 15) is 34.8 Å². The Bertz CT molecular complexity index is 1330. The van der Waals surface area contributed by atoms with Crippen LogP contribution >= 0.6 is 0 Å². The normalized spacial score (nSPS) is 29.3. The van der Waals surface area contributed by atoms with Crippen molar-refractivity contribution in [2.24, 2.45) is 23.5 Å². The highest BCUT2D eigenvalue weighted by molar-refractivity contribution is 6.24. The summed E-state index contributed by atoms with van der Waals surface area (Å²) >= 11 is 0. The van der Waals surface area contributed by atoms with Crippen molar-refractivity contribution in [3.8, 4) is 5.75 Å². The molecule has 5 rings (SSSR count). The third kappa shape index (κ3) is 4.01. The highest BCUT2D eigenvalue weighted by Gasteiger charge is 2.63. The molecule has 39 heavy (non-hydrogen) atoms. The summed E-state index contributed by atoms with van der Waals surface area (Å²) in [5.41, 5.74) is 1.14. The van der Waals surface area contributed by atoms with Crippen LogP contribution in [-0.2, 0) is 16.0 Å². The number of amides is 1. The van der Waals surface area contributed by atoms with Crippen LogP contribution < -0.4 is 11.1 Å². The lowest BCUT2D eigenvalue weighted by Gasteiger charge is -2.50. The van der Waals surface area contributed by atoms with Gasteiger partial charge in [-0.15, -0.1) is 0 Å². The number of allylic oxidation sites excluding steroid dienone is 1. The van der Waals surface area contributed by atoms with E-state index in [1.54, 1.807) is 14.1 Å². The van der Waals surface area contributed by atoms with Gasteiger partial charge in [-0.25, -0.2) is 4.39 Å². The Hall–Kier alpha value is -3.44. The molecule has 4 aliphatic rings. The average molecular weight is 544 g/mol. The number of aromatic hydroxyl groups is 1. The van der Waals surface area contributed by atoms with E-state index in [1.165, 1.54) is 17.4 Å². The molecular formula is C28H34FN3O7. The van der Waals surface area contributed by atoms with E-state index in [0.717, 1.165) is 25.7 Å². The second kappa shape index (κ2) is 9.63. The highest BCUT2D eigenvalue weighted by Crippen LogP contribution is 2.53. The van der Waals surface area contributed by atoms with Gasteiger partial charge in [-0.3, -0.25) is 19.3 Å². The minimum atomic E-state index is -2.73. The van der Waals surface area contributed by atoms with Gasteiger partial charge in [0.25, 0.3) is 5.91 Å². The van der Waals surface area contributed by atoms with Crippen LogP contribution in [0.3, 0.4) is 0 Å². The molecule has 0 aromatic heterocycles. The molecule has 1 aromatic rings. The molecule has 4 aliphatic carbocycles. The molecule has 1 fully saturated rings. The number of carbonyl (C=O) groups is 3. The van der Waals surface area contributed by atoms with Crippen molar-refractivity contribution in [2.45, 2.75) is 56.6 Å². The van der Waals surface area contributed by atoms with Crippen molar-refractivity contribution in [3.63, 3.8) is 0 Å². The molecule has 11 heteroatoms. The maximum Gasteiger partial charge on any atom is 0.255 e. The van der Waals surface area contributed by atoms with Crippen LogP contribution in [0.2, 0.25) is 0 Å². The first kappa shape index (κ1) is 27.1. The standard InChI is InChI=1S/C28H34FN3O7/c1-32(2)21-15-9-13-8-14-16(29)10-17(31-11-12-6-4-3-5-7-12)22(33)19(14)23(34)18(13)25(36)28(15,39)26(37)20(24(21)35)27(30)38/h10,12-13,15,21,31,33,35-36,39H,3-9,11H2,1-2H3,(H2,30,38)/t13-,15-,21-,28-/m0/s1. The molecule has 0 unspecified atom stereocenters. The third-order valence-corrected chi connectivity index (χ3v) is 8.97. The summed E-state index contributed by atoms with van der Waals surface area (Å²) in [7, 11) is 3.10. The first-order chi connectivity index (χ1) is 18.4. The summed E-state index contributed by atoms with van der Waals surface area (Å²) in [4.78, 5) is 40.6. The van der Waals surface area contributed by atoms with Gasteiger partial charge >= 0.3 is 0 Å². The summed E-state index contributed by atoms with van der Waals surface area (Å²) in [6.07, 6.45) is 5.23. The number of rotatable bonds is 5. The fraction of sp³-hybridized carbons (Fsp3) is 0.536. The Kier molecular flexibility index (Phi) is 6.70. The maximum absolute atomic E-state index is 15.4. The largest absolute Gasteiger partial charge is 0.510 e. The summed E-state index contributed by atoms with van der Waals surface area (Å²) in [6.45, 7) is 0.504. The van der Waals surface area contributed by atoms with Gasteiger partial charge in [0.1, 0.15) is 28.7 Å². The number of aliphatic hydroxyl groups excluding tert-OH is 2. The summed E-state index contributed by atoms with van der Waals surface area (Å²) in [6, 6.07) is 0.0679. The van der Waals surface area contributed by atoms with E-state index in [4.69, 9.17) is 5.73 Å². The van der Waals surface area contributed by atoms with E-state index in [0.29, 0.717) is 12.5 Å².